The fourth-order valence-electron chi connectivity index (χ4n) is 3.37. The van der Waals surface area contributed by atoms with Gasteiger partial charge in [0.1, 0.15) is 5.82 Å². The first-order valence-corrected chi connectivity index (χ1v) is 9.08. The van der Waals surface area contributed by atoms with E-state index in [2.05, 4.69) is 9.97 Å². The highest BCUT2D eigenvalue weighted by Gasteiger charge is 2.31. The van der Waals surface area contributed by atoms with Crippen LogP contribution in [0.5, 0.6) is 0 Å². The van der Waals surface area contributed by atoms with E-state index in [1.54, 1.807) is 18.3 Å². The number of halogens is 4. The van der Waals surface area contributed by atoms with Gasteiger partial charge in [-0.3, -0.25) is 4.90 Å². The third-order valence-corrected chi connectivity index (χ3v) is 4.96. The Kier molecular flexibility index (Phi) is 4.96. The van der Waals surface area contributed by atoms with Gasteiger partial charge in [-0.15, -0.1) is 0 Å². The minimum absolute atomic E-state index is 0.225. The van der Waals surface area contributed by atoms with Gasteiger partial charge in [0.05, 0.1) is 11.3 Å². The van der Waals surface area contributed by atoms with E-state index in [1.165, 1.54) is 6.07 Å². The van der Waals surface area contributed by atoms with Crippen molar-refractivity contribution in [3.8, 4) is 11.4 Å². The van der Waals surface area contributed by atoms with Gasteiger partial charge in [-0.05, 0) is 36.4 Å². The SMILES string of the molecule is Nc1ccc(-c2ncc3c(n2)CCN(Cc2ccc(C(F)(F)F)cc2F)C3)cc1. The van der Waals surface area contributed by atoms with Gasteiger partial charge in [0.15, 0.2) is 5.82 Å². The Hall–Kier alpha value is -3.00. The highest BCUT2D eigenvalue weighted by molar-refractivity contribution is 5.58. The lowest BCUT2D eigenvalue weighted by Crippen LogP contribution is -2.31. The molecule has 8 heteroatoms. The van der Waals surface area contributed by atoms with E-state index in [4.69, 9.17) is 5.73 Å². The summed E-state index contributed by atoms with van der Waals surface area (Å²) in [7, 11) is 0. The van der Waals surface area contributed by atoms with Crippen molar-refractivity contribution in [2.45, 2.75) is 25.7 Å². The number of hydrogen-bond donors (Lipinski definition) is 1. The molecule has 0 aliphatic carbocycles. The number of hydrogen-bond acceptors (Lipinski definition) is 4. The van der Waals surface area contributed by atoms with Crippen molar-refractivity contribution in [2.75, 3.05) is 12.3 Å². The van der Waals surface area contributed by atoms with E-state index in [1.807, 2.05) is 17.0 Å². The first kappa shape index (κ1) is 19.3. The molecule has 0 saturated carbocycles. The molecule has 0 unspecified atom stereocenters. The number of nitrogen functional groups attached to an aromatic ring is 1. The van der Waals surface area contributed by atoms with E-state index in [0.29, 0.717) is 37.1 Å². The number of alkyl halides is 3. The molecular formula is C21H18F4N4. The molecule has 1 aliphatic rings. The van der Waals surface area contributed by atoms with Crippen molar-refractivity contribution in [1.29, 1.82) is 0 Å². The molecule has 0 saturated heterocycles. The first-order valence-electron chi connectivity index (χ1n) is 9.08. The summed E-state index contributed by atoms with van der Waals surface area (Å²) in [6, 6.07) is 9.97. The monoisotopic (exact) mass is 402 g/mol. The lowest BCUT2D eigenvalue weighted by Gasteiger charge is -2.28. The molecule has 150 valence electrons. The number of aromatic nitrogens is 2. The standard InChI is InChI=1S/C21H18F4N4/c22-18-9-16(21(23,24)25)4-1-14(18)11-29-8-7-19-15(12-29)10-27-20(28-19)13-2-5-17(26)6-3-13/h1-6,9-10H,7-8,11-12,26H2. The Labute approximate surface area is 165 Å². The minimum Gasteiger partial charge on any atom is -0.399 e. The van der Waals surface area contributed by atoms with Crippen LogP contribution < -0.4 is 5.73 Å². The number of anilines is 1. The average Bonchev–Trinajstić information content (AvgIpc) is 2.69. The van der Waals surface area contributed by atoms with Crippen LogP contribution in [-0.4, -0.2) is 21.4 Å². The van der Waals surface area contributed by atoms with Crippen LogP contribution in [0, 0.1) is 5.82 Å². The lowest BCUT2D eigenvalue weighted by atomic mass is 10.0. The average molecular weight is 402 g/mol. The van der Waals surface area contributed by atoms with Gasteiger partial charge in [0.25, 0.3) is 0 Å². The zero-order valence-corrected chi connectivity index (χ0v) is 15.4. The highest BCUT2D eigenvalue weighted by Crippen LogP contribution is 2.31. The Morgan fingerprint density at radius 2 is 1.83 bits per heavy atom. The number of nitrogens with zero attached hydrogens (tertiary/aromatic N) is 3. The maximum atomic E-state index is 14.1. The summed E-state index contributed by atoms with van der Waals surface area (Å²) in [6.07, 6.45) is -2.14. The van der Waals surface area contributed by atoms with Crippen molar-refractivity contribution in [2.24, 2.45) is 0 Å². The van der Waals surface area contributed by atoms with Crippen LogP contribution in [0.1, 0.15) is 22.4 Å². The van der Waals surface area contributed by atoms with Crippen molar-refractivity contribution >= 4 is 5.69 Å². The highest BCUT2D eigenvalue weighted by atomic mass is 19.4. The number of benzene rings is 2. The molecule has 0 fully saturated rings. The second-order valence-electron chi connectivity index (χ2n) is 7.05. The molecule has 1 aromatic heterocycles. The zero-order chi connectivity index (χ0) is 20.6. The second kappa shape index (κ2) is 7.44. The van der Waals surface area contributed by atoms with Crippen LogP contribution in [0.4, 0.5) is 23.2 Å². The molecule has 0 radical (unpaired) electrons. The largest absolute Gasteiger partial charge is 0.416 e. The van der Waals surface area contributed by atoms with Gasteiger partial charge in [-0.1, -0.05) is 6.07 Å². The molecule has 2 heterocycles. The molecule has 4 rings (SSSR count). The first-order chi connectivity index (χ1) is 13.8. The predicted molar refractivity (Wildman–Crippen MR) is 101 cm³/mol. The molecular weight excluding hydrogens is 384 g/mol. The van der Waals surface area contributed by atoms with E-state index in [-0.39, 0.29) is 12.1 Å². The fraction of sp³-hybridized carbons (Fsp3) is 0.238. The summed E-state index contributed by atoms with van der Waals surface area (Å²) < 4.78 is 52.2. The van der Waals surface area contributed by atoms with Crippen molar-refractivity contribution in [3.05, 3.63) is 76.9 Å². The van der Waals surface area contributed by atoms with Crippen molar-refractivity contribution in [3.63, 3.8) is 0 Å². The van der Waals surface area contributed by atoms with E-state index in [0.717, 1.165) is 22.9 Å². The maximum absolute atomic E-state index is 14.1. The Morgan fingerprint density at radius 3 is 2.52 bits per heavy atom. The van der Waals surface area contributed by atoms with Gasteiger partial charge in [0, 0.05) is 54.6 Å². The van der Waals surface area contributed by atoms with Gasteiger partial charge >= 0.3 is 6.18 Å². The molecule has 3 aromatic rings. The normalized spacial score (nSPS) is 14.6. The summed E-state index contributed by atoms with van der Waals surface area (Å²) >= 11 is 0. The third-order valence-electron chi connectivity index (χ3n) is 4.96. The van der Waals surface area contributed by atoms with E-state index in [9.17, 15) is 17.6 Å². The maximum Gasteiger partial charge on any atom is 0.416 e. The topological polar surface area (TPSA) is 55.0 Å². The molecule has 4 nitrogen and oxygen atoms in total. The van der Waals surface area contributed by atoms with Gasteiger partial charge in [0.2, 0.25) is 0 Å². The van der Waals surface area contributed by atoms with Crippen molar-refractivity contribution in [1.82, 2.24) is 14.9 Å². The molecule has 2 N–H and O–H groups in total. The number of fused-ring (bicyclic) bond motifs is 1. The predicted octanol–water partition coefficient (Wildman–Crippen LogP) is 4.44. The van der Waals surface area contributed by atoms with Gasteiger partial charge in [-0.2, -0.15) is 13.2 Å². The van der Waals surface area contributed by atoms with E-state index < -0.39 is 17.6 Å². The fourth-order valence-corrected chi connectivity index (χ4v) is 3.37. The van der Waals surface area contributed by atoms with Crippen LogP contribution in [0.2, 0.25) is 0 Å². The van der Waals surface area contributed by atoms with Crippen LogP contribution in [0.3, 0.4) is 0 Å². The molecule has 0 amide bonds. The van der Waals surface area contributed by atoms with E-state index >= 15 is 0 Å². The summed E-state index contributed by atoms with van der Waals surface area (Å²) in [5, 5.41) is 0. The molecule has 0 spiro atoms. The molecule has 29 heavy (non-hydrogen) atoms. The second-order valence-corrected chi connectivity index (χ2v) is 7.05. The summed E-state index contributed by atoms with van der Waals surface area (Å²) in [5.41, 5.74) is 8.36. The number of nitrogens with two attached hydrogens (primary N) is 1. The van der Waals surface area contributed by atoms with Gasteiger partial charge < -0.3 is 5.73 Å². The lowest BCUT2D eigenvalue weighted by molar-refractivity contribution is -0.137. The molecule has 0 bridgehead atoms. The summed E-state index contributed by atoms with van der Waals surface area (Å²) in [4.78, 5) is 11.0. The Morgan fingerprint density at radius 1 is 1.07 bits per heavy atom. The molecule has 1 aliphatic heterocycles. The molecule has 0 atom stereocenters. The Balaban J connectivity index is 1.49. The summed E-state index contributed by atoms with van der Waals surface area (Å²) in [5.74, 6) is -0.230. The van der Waals surface area contributed by atoms with Crippen LogP contribution in [0.25, 0.3) is 11.4 Å². The minimum atomic E-state index is -4.55. The molecule has 2 aromatic carbocycles. The number of rotatable bonds is 3. The van der Waals surface area contributed by atoms with Gasteiger partial charge in [-0.25, -0.2) is 14.4 Å². The summed E-state index contributed by atoms with van der Waals surface area (Å²) in [6.45, 7) is 1.37. The van der Waals surface area contributed by atoms with Crippen LogP contribution in [0.15, 0.2) is 48.7 Å². The third kappa shape index (κ3) is 4.22. The smallest absolute Gasteiger partial charge is 0.399 e. The van der Waals surface area contributed by atoms with Crippen LogP contribution >= 0.6 is 0 Å². The quantitative estimate of drug-likeness (QED) is 0.520. The Bertz CT molecular complexity index is 1030. The zero-order valence-electron chi connectivity index (χ0n) is 15.4. The van der Waals surface area contributed by atoms with Crippen molar-refractivity contribution < 1.29 is 17.6 Å². The van der Waals surface area contributed by atoms with Crippen LogP contribution in [-0.2, 0) is 25.7 Å².